The highest BCUT2D eigenvalue weighted by Crippen LogP contribution is 2.34. The zero-order valence-electron chi connectivity index (χ0n) is 15.6. The first-order valence-corrected chi connectivity index (χ1v) is 10.2. The number of nitro groups is 1. The predicted octanol–water partition coefficient (Wildman–Crippen LogP) is 3.10. The summed E-state index contributed by atoms with van der Waals surface area (Å²) in [6.45, 7) is 7.44. The Hall–Kier alpha value is -2.45. The highest BCUT2D eigenvalue weighted by atomic mass is 32.2. The van der Waals surface area contributed by atoms with Crippen molar-refractivity contribution in [3.05, 3.63) is 63.2 Å². The largest absolute Gasteiger partial charge is 0.366 e. The van der Waals surface area contributed by atoms with Crippen molar-refractivity contribution < 1.29 is 13.3 Å². The zero-order valence-corrected chi connectivity index (χ0v) is 16.4. The van der Waals surface area contributed by atoms with E-state index in [1.54, 1.807) is 0 Å². The van der Waals surface area contributed by atoms with Gasteiger partial charge >= 0.3 is 0 Å². The highest BCUT2D eigenvalue weighted by molar-refractivity contribution is 7.89. The second kappa shape index (κ2) is 6.61. The second-order valence-electron chi connectivity index (χ2n) is 7.86. The van der Waals surface area contributed by atoms with Crippen LogP contribution in [-0.4, -0.2) is 19.9 Å². The first-order valence-electron chi connectivity index (χ1n) is 8.65. The van der Waals surface area contributed by atoms with E-state index in [9.17, 15) is 18.5 Å². The third kappa shape index (κ3) is 3.96. The summed E-state index contributed by atoms with van der Waals surface area (Å²) in [5, 5.41) is 16.5. The van der Waals surface area contributed by atoms with E-state index in [0.29, 0.717) is 13.1 Å². The molecule has 0 unspecified atom stereocenters. The number of anilines is 1. The molecule has 0 aliphatic carbocycles. The van der Waals surface area contributed by atoms with Crippen LogP contribution in [0.3, 0.4) is 0 Å². The Morgan fingerprint density at radius 2 is 1.81 bits per heavy atom. The highest BCUT2D eigenvalue weighted by Gasteiger charge is 2.26. The van der Waals surface area contributed by atoms with E-state index >= 15 is 0 Å². The monoisotopic (exact) mass is 389 g/mol. The second-order valence-corrected chi connectivity index (χ2v) is 9.39. The van der Waals surface area contributed by atoms with Crippen LogP contribution in [0.5, 0.6) is 0 Å². The maximum Gasteiger partial charge on any atom is 0.271 e. The molecule has 0 atom stereocenters. The minimum Gasteiger partial charge on any atom is -0.366 e. The van der Waals surface area contributed by atoms with Crippen LogP contribution >= 0.6 is 0 Å². The molecule has 2 aromatic rings. The molecule has 0 aromatic heterocycles. The Bertz CT molecular complexity index is 1010. The van der Waals surface area contributed by atoms with Gasteiger partial charge in [-0.3, -0.25) is 10.1 Å². The Balaban J connectivity index is 2.06. The number of hydrogen-bond donors (Lipinski definition) is 1. The molecule has 0 radical (unpaired) electrons. The topological polar surface area (TPSA) is 107 Å². The Labute approximate surface area is 159 Å². The van der Waals surface area contributed by atoms with Crippen LogP contribution in [0.1, 0.15) is 37.5 Å². The number of non-ortho nitro benzene ring substituents is 1. The number of rotatable bonds is 3. The molecule has 0 fully saturated rings. The SMILES string of the molecule is CC(C)(C)c1ccc2c(c1)CN(c1cc([N+](=O)[O-])ccc1S(N)(=O)=O)CC2. The molecular weight excluding hydrogens is 366 g/mol. The van der Waals surface area contributed by atoms with Gasteiger partial charge in [0.2, 0.25) is 10.0 Å². The summed E-state index contributed by atoms with van der Waals surface area (Å²) in [7, 11) is -4.00. The molecule has 144 valence electrons. The third-order valence-electron chi connectivity index (χ3n) is 4.89. The average Bonchev–Trinajstić information content (AvgIpc) is 2.58. The quantitative estimate of drug-likeness (QED) is 0.641. The summed E-state index contributed by atoms with van der Waals surface area (Å²) >= 11 is 0. The van der Waals surface area contributed by atoms with Gasteiger partial charge in [0.25, 0.3) is 5.69 Å². The van der Waals surface area contributed by atoms with Crippen molar-refractivity contribution in [3.63, 3.8) is 0 Å². The van der Waals surface area contributed by atoms with Crippen LogP contribution in [0.2, 0.25) is 0 Å². The number of hydrogen-bond acceptors (Lipinski definition) is 5. The van der Waals surface area contributed by atoms with Crippen LogP contribution in [0.25, 0.3) is 0 Å². The summed E-state index contributed by atoms with van der Waals surface area (Å²) in [6.07, 6.45) is 0.729. The van der Waals surface area contributed by atoms with Gasteiger partial charge in [0, 0.05) is 25.2 Å². The Morgan fingerprint density at radius 3 is 2.41 bits per heavy atom. The van der Waals surface area contributed by atoms with Gasteiger partial charge in [-0.05, 0) is 34.6 Å². The molecular formula is C19H23N3O4S. The Kier molecular flexibility index (Phi) is 4.73. The van der Waals surface area contributed by atoms with Crippen molar-refractivity contribution in [2.75, 3.05) is 11.4 Å². The molecule has 8 heteroatoms. The molecule has 0 saturated heterocycles. The number of primary sulfonamides is 1. The molecule has 7 nitrogen and oxygen atoms in total. The number of fused-ring (bicyclic) bond motifs is 1. The van der Waals surface area contributed by atoms with E-state index in [1.165, 1.54) is 29.3 Å². The van der Waals surface area contributed by atoms with E-state index in [4.69, 9.17) is 5.14 Å². The van der Waals surface area contributed by atoms with E-state index in [0.717, 1.165) is 12.0 Å². The lowest BCUT2D eigenvalue weighted by atomic mass is 9.84. The number of nitro benzene ring substituents is 1. The Morgan fingerprint density at radius 1 is 1.11 bits per heavy atom. The molecule has 0 bridgehead atoms. The lowest BCUT2D eigenvalue weighted by Crippen LogP contribution is -2.32. The molecule has 1 aliphatic rings. The van der Waals surface area contributed by atoms with Gasteiger partial charge in [0.05, 0.1) is 10.6 Å². The van der Waals surface area contributed by atoms with Gasteiger partial charge in [-0.15, -0.1) is 0 Å². The van der Waals surface area contributed by atoms with Crippen LogP contribution < -0.4 is 10.0 Å². The third-order valence-corrected chi connectivity index (χ3v) is 5.84. The minimum absolute atomic E-state index is 0.00536. The number of nitrogens with zero attached hydrogens (tertiary/aromatic N) is 2. The molecule has 2 N–H and O–H groups in total. The molecule has 1 aliphatic heterocycles. The summed E-state index contributed by atoms with van der Waals surface area (Å²) in [5.74, 6) is 0. The smallest absolute Gasteiger partial charge is 0.271 e. The molecule has 0 saturated carbocycles. The van der Waals surface area contributed by atoms with Crippen LogP contribution in [0.15, 0.2) is 41.3 Å². The van der Waals surface area contributed by atoms with Gasteiger partial charge < -0.3 is 4.90 Å². The van der Waals surface area contributed by atoms with Gasteiger partial charge in [-0.2, -0.15) is 0 Å². The summed E-state index contributed by atoms with van der Waals surface area (Å²) in [5.41, 5.74) is 3.61. The van der Waals surface area contributed by atoms with Crippen LogP contribution in [-0.2, 0) is 28.4 Å². The van der Waals surface area contributed by atoms with Crippen molar-refractivity contribution in [3.8, 4) is 0 Å². The fourth-order valence-electron chi connectivity index (χ4n) is 3.34. The van der Waals surface area contributed by atoms with Gasteiger partial charge in [-0.25, -0.2) is 13.6 Å². The minimum atomic E-state index is -4.00. The summed E-state index contributed by atoms with van der Waals surface area (Å²) < 4.78 is 24.0. The molecule has 0 spiro atoms. The van der Waals surface area contributed by atoms with Crippen molar-refractivity contribution >= 4 is 21.4 Å². The van der Waals surface area contributed by atoms with E-state index in [-0.39, 0.29) is 21.7 Å². The number of sulfonamides is 1. The van der Waals surface area contributed by atoms with Crippen molar-refractivity contribution in [1.29, 1.82) is 0 Å². The maximum absolute atomic E-state index is 12.0. The van der Waals surface area contributed by atoms with Crippen molar-refractivity contribution in [2.24, 2.45) is 5.14 Å². The summed E-state index contributed by atoms with van der Waals surface area (Å²) in [4.78, 5) is 12.4. The molecule has 0 amide bonds. The maximum atomic E-state index is 12.0. The van der Waals surface area contributed by atoms with Crippen molar-refractivity contribution in [2.45, 2.75) is 44.0 Å². The standard InChI is InChI=1S/C19H23N3O4S/c1-19(2,3)15-5-4-13-8-9-21(12-14(13)10-15)17-11-16(22(23)24)6-7-18(17)27(20,25)26/h4-7,10-11H,8-9,12H2,1-3H3,(H2,20,25,26). The van der Waals surface area contributed by atoms with Gasteiger partial charge in [0.15, 0.2) is 0 Å². The lowest BCUT2D eigenvalue weighted by molar-refractivity contribution is -0.384. The van der Waals surface area contributed by atoms with Crippen LogP contribution in [0, 0.1) is 10.1 Å². The van der Waals surface area contributed by atoms with Crippen molar-refractivity contribution in [1.82, 2.24) is 0 Å². The average molecular weight is 389 g/mol. The molecule has 27 heavy (non-hydrogen) atoms. The van der Waals surface area contributed by atoms with Gasteiger partial charge in [0.1, 0.15) is 4.90 Å². The zero-order chi connectivity index (χ0) is 20.0. The van der Waals surface area contributed by atoms with Crippen LogP contribution in [0.4, 0.5) is 11.4 Å². The summed E-state index contributed by atoms with van der Waals surface area (Å²) in [6, 6.07) is 10.0. The molecule has 1 heterocycles. The molecule has 2 aromatic carbocycles. The lowest BCUT2D eigenvalue weighted by Gasteiger charge is -2.33. The van der Waals surface area contributed by atoms with Gasteiger partial charge in [-0.1, -0.05) is 39.0 Å². The fourth-order valence-corrected chi connectivity index (χ4v) is 4.07. The molecule has 3 rings (SSSR count). The predicted molar refractivity (Wildman–Crippen MR) is 104 cm³/mol. The van der Waals surface area contributed by atoms with E-state index in [2.05, 4.69) is 39.0 Å². The first kappa shape index (κ1) is 19.3. The number of nitrogens with two attached hydrogens (primary N) is 1. The fraction of sp³-hybridized carbons (Fsp3) is 0.368. The van der Waals surface area contributed by atoms with E-state index < -0.39 is 14.9 Å². The first-order chi connectivity index (χ1) is 12.5. The van der Waals surface area contributed by atoms with E-state index in [1.807, 2.05) is 4.90 Å². The number of benzene rings is 2. The normalized spacial score (nSPS) is 14.7.